The number of hydrogen-bond acceptors (Lipinski definition) is 5. The van der Waals surface area contributed by atoms with Crippen molar-refractivity contribution in [3.05, 3.63) is 48.0 Å². The first-order valence-electron chi connectivity index (χ1n) is 7.01. The molecule has 0 aliphatic heterocycles. The molecule has 0 fully saturated rings. The van der Waals surface area contributed by atoms with Crippen molar-refractivity contribution in [3.8, 4) is 5.75 Å². The second kappa shape index (κ2) is 6.85. The zero-order valence-electron chi connectivity index (χ0n) is 12.9. The lowest BCUT2D eigenvalue weighted by molar-refractivity contribution is 0.0379. The molecule has 0 atom stereocenters. The van der Waals surface area contributed by atoms with Crippen molar-refractivity contribution in [2.75, 3.05) is 18.2 Å². The zero-order valence-corrected chi connectivity index (χ0v) is 12.9. The largest absolute Gasteiger partial charge is 0.497 e. The van der Waals surface area contributed by atoms with Gasteiger partial charge in [0.25, 0.3) is 0 Å². The molecule has 2 aromatic carbocycles. The Kier molecular flexibility index (Phi) is 4.88. The van der Waals surface area contributed by atoms with E-state index < -0.39 is 5.97 Å². The van der Waals surface area contributed by atoms with Crippen molar-refractivity contribution in [1.82, 2.24) is 0 Å². The second-order valence-electron chi connectivity index (χ2n) is 5.11. The molecule has 0 aliphatic rings. The molecule has 0 amide bonds. The smallest absolute Gasteiger partial charge is 0.340 e. The van der Waals surface area contributed by atoms with Gasteiger partial charge in [0, 0.05) is 11.4 Å². The maximum absolute atomic E-state index is 12.2. The maximum Gasteiger partial charge on any atom is 0.340 e. The third-order valence-corrected chi connectivity index (χ3v) is 2.98. The standard InChI is InChI=1S/C17H20N2O3/c1-11(2)22-17(20)15-10-12(18)4-9-16(15)19-13-5-7-14(21-3)8-6-13/h4-11,19H,18H2,1-3H3. The molecule has 0 bridgehead atoms. The van der Waals surface area contributed by atoms with Gasteiger partial charge in [-0.25, -0.2) is 4.79 Å². The van der Waals surface area contributed by atoms with Crippen LogP contribution in [0.5, 0.6) is 5.75 Å². The number of methoxy groups -OCH3 is 1. The van der Waals surface area contributed by atoms with E-state index in [2.05, 4.69) is 5.32 Å². The van der Waals surface area contributed by atoms with E-state index >= 15 is 0 Å². The van der Waals surface area contributed by atoms with Crippen LogP contribution in [-0.4, -0.2) is 19.2 Å². The van der Waals surface area contributed by atoms with E-state index in [9.17, 15) is 4.79 Å². The quantitative estimate of drug-likeness (QED) is 0.652. The van der Waals surface area contributed by atoms with E-state index in [1.54, 1.807) is 39.2 Å². The van der Waals surface area contributed by atoms with Gasteiger partial charge < -0.3 is 20.5 Å². The minimum Gasteiger partial charge on any atom is -0.497 e. The molecule has 3 N–H and O–H groups in total. The molecule has 0 heterocycles. The molecule has 22 heavy (non-hydrogen) atoms. The van der Waals surface area contributed by atoms with Gasteiger partial charge in [0.15, 0.2) is 0 Å². The minimum absolute atomic E-state index is 0.192. The van der Waals surface area contributed by atoms with Crippen molar-refractivity contribution in [3.63, 3.8) is 0 Å². The van der Waals surface area contributed by atoms with Crippen LogP contribution >= 0.6 is 0 Å². The number of carbonyl (C=O) groups excluding carboxylic acids is 1. The summed E-state index contributed by atoms with van der Waals surface area (Å²) in [6.07, 6.45) is -0.192. The lowest BCUT2D eigenvalue weighted by atomic mass is 10.1. The van der Waals surface area contributed by atoms with Gasteiger partial charge in [0.2, 0.25) is 0 Å². The minimum atomic E-state index is -0.404. The van der Waals surface area contributed by atoms with Gasteiger partial charge >= 0.3 is 5.97 Å². The number of carbonyl (C=O) groups is 1. The van der Waals surface area contributed by atoms with Crippen LogP contribution in [0.3, 0.4) is 0 Å². The number of nitrogen functional groups attached to an aromatic ring is 1. The third kappa shape index (κ3) is 3.91. The monoisotopic (exact) mass is 300 g/mol. The van der Waals surface area contributed by atoms with Crippen LogP contribution in [0.2, 0.25) is 0 Å². The summed E-state index contributed by atoms with van der Waals surface area (Å²) < 4.78 is 10.4. The Morgan fingerprint density at radius 2 is 1.82 bits per heavy atom. The predicted octanol–water partition coefficient (Wildman–Crippen LogP) is 3.59. The first-order valence-corrected chi connectivity index (χ1v) is 7.01. The average Bonchev–Trinajstić information content (AvgIpc) is 2.49. The van der Waals surface area contributed by atoms with Crippen molar-refractivity contribution in [2.45, 2.75) is 20.0 Å². The highest BCUT2D eigenvalue weighted by atomic mass is 16.5. The Morgan fingerprint density at radius 3 is 2.41 bits per heavy atom. The van der Waals surface area contributed by atoms with Crippen LogP contribution in [0.1, 0.15) is 24.2 Å². The first-order chi connectivity index (χ1) is 10.5. The molecular formula is C17H20N2O3. The Morgan fingerprint density at radius 1 is 1.14 bits per heavy atom. The van der Waals surface area contributed by atoms with Crippen molar-refractivity contribution in [1.29, 1.82) is 0 Å². The number of esters is 1. The Hall–Kier alpha value is -2.69. The summed E-state index contributed by atoms with van der Waals surface area (Å²) in [5, 5.41) is 3.19. The molecule has 0 aromatic heterocycles. The SMILES string of the molecule is COc1ccc(Nc2ccc(N)cc2C(=O)OC(C)C)cc1. The number of anilines is 3. The Balaban J connectivity index is 2.27. The van der Waals surface area contributed by atoms with Crippen LogP contribution in [0, 0.1) is 0 Å². The van der Waals surface area contributed by atoms with E-state index in [0.717, 1.165) is 11.4 Å². The molecule has 2 rings (SSSR count). The number of benzene rings is 2. The topological polar surface area (TPSA) is 73.6 Å². The van der Waals surface area contributed by atoms with Crippen molar-refractivity contribution < 1.29 is 14.3 Å². The highest BCUT2D eigenvalue weighted by Crippen LogP contribution is 2.25. The van der Waals surface area contributed by atoms with E-state index in [4.69, 9.17) is 15.2 Å². The van der Waals surface area contributed by atoms with Crippen LogP contribution in [-0.2, 0) is 4.74 Å². The molecule has 2 aromatic rings. The van der Waals surface area contributed by atoms with Crippen LogP contribution in [0.25, 0.3) is 0 Å². The third-order valence-electron chi connectivity index (χ3n) is 2.98. The summed E-state index contributed by atoms with van der Waals surface area (Å²) in [5.41, 5.74) is 8.17. The fourth-order valence-electron chi connectivity index (χ4n) is 1.95. The molecule has 0 saturated heterocycles. The molecule has 5 heteroatoms. The molecule has 0 unspecified atom stereocenters. The van der Waals surface area contributed by atoms with Crippen molar-refractivity contribution >= 4 is 23.0 Å². The van der Waals surface area contributed by atoms with Crippen molar-refractivity contribution in [2.24, 2.45) is 0 Å². The van der Waals surface area contributed by atoms with E-state index in [-0.39, 0.29) is 6.10 Å². The Labute approximate surface area is 130 Å². The van der Waals surface area contributed by atoms with Gasteiger partial charge in [0.1, 0.15) is 5.75 Å². The lowest BCUT2D eigenvalue weighted by Gasteiger charge is -2.14. The van der Waals surface area contributed by atoms with Crippen LogP contribution in [0.15, 0.2) is 42.5 Å². The normalized spacial score (nSPS) is 10.4. The summed E-state index contributed by atoms with van der Waals surface area (Å²) in [6, 6.07) is 12.5. The molecule has 0 spiro atoms. The van der Waals surface area contributed by atoms with Gasteiger partial charge in [-0.15, -0.1) is 0 Å². The first kappa shape index (κ1) is 15.7. The van der Waals surface area contributed by atoms with E-state index in [1.807, 2.05) is 24.3 Å². The number of rotatable bonds is 5. The summed E-state index contributed by atoms with van der Waals surface area (Å²) >= 11 is 0. The highest BCUT2D eigenvalue weighted by molar-refractivity contribution is 5.97. The number of nitrogens with two attached hydrogens (primary N) is 1. The van der Waals surface area contributed by atoms with Gasteiger partial charge in [0.05, 0.1) is 24.5 Å². The Bertz CT molecular complexity index is 651. The molecular weight excluding hydrogens is 280 g/mol. The maximum atomic E-state index is 12.2. The van der Waals surface area contributed by atoms with Gasteiger partial charge in [-0.1, -0.05) is 0 Å². The van der Waals surface area contributed by atoms with Gasteiger partial charge in [-0.3, -0.25) is 0 Å². The highest BCUT2D eigenvalue weighted by Gasteiger charge is 2.15. The van der Waals surface area contributed by atoms with Gasteiger partial charge in [-0.2, -0.15) is 0 Å². The second-order valence-corrected chi connectivity index (χ2v) is 5.11. The number of ether oxygens (including phenoxy) is 2. The molecule has 0 saturated carbocycles. The molecule has 0 radical (unpaired) electrons. The van der Waals surface area contributed by atoms with E-state index in [0.29, 0.717) is 16.9 Å². The molecule has 116 valence electrons. The van der Waals surface area contributed by atoms with Crippen LogP contribution < -0.4 is 15.8 Å². The van der Waals surface area contributed by atoms with Crippen LogP contribution in [0.4, 0.5) is 17.1 Å². The predicted molar refractivity (Wildman–Crippen MR) is 87.7 cm³/mol. The molecule has 5 nitrogen and oxygen atoms in total. The number of nitrogens with one attached hydrogen (secondary N) is 1. The average molecular weight is 300 g/mol. The fraction of sp³-hybridized carbons (Fsp3) is 0.235. The van der Waals surface area contributed by atoms with E-state index in [1.165, 1.54) is 0 Å². The fourth-order valence-corrected chi connectivity index (χ4v) is 1.95. The zero-order chi connectivity index (χ0) is 16.1. The molecule has 0 aliphatic carbocycles. The summed E-state index contributed by atoms with van der Waals surface area (Å²) in [6.45, 7) is 3.61. The summed E-state index contributed by atoms with van der Waals surface area (Å²) in [7, 11) is 1.61. The summed E-state index contributed by atoms with van der Waals surface area (Å²) in [5.74, 6) is 0.362. The lowest BCUT2D eigenvalue weighted by Crippen LogP contribution is -2.13. The van der Waals surface area contributed by atoms with Gasteiger partial charge in [-0.05, 0) is 56.3 Å². The number of hydrogen-bond donors (Lipinski definition) is 2. The summed E-state index contributed by atoms with van der Waals surface area (Å²) in [4.78, 5) is 12.2.